The van der Waals surface area contributed by atoms with Crippen molar-refractivity contribution in [3.05, 3.63) is 99.0 Å². The lowest BCUT2D eigenvalue weighted by molar-refractivity contribution is 0.0982. The molecule has 26 heavy (non-hydrogen) atoms. The number of Topliss-reactive ketones (excluding diaryl/α,β-unsaturated/α-hetero) is 1. The van der Waals surface area contributed by atoms with Crippen LogP contribution in [0.3, 0.4) is 0 Å². The Bertz CT molecular complexity index is 895. The maximum Gasteiger partial charge on any atom is 0.164 e. The molecular formula is C21H15Cl3OS. The third-order valence-electron chi connectivity index (χ3n) is 3.87. The Morgan fingerprint density at radius 1 is 0.846 bits per heavy atom. The van der Waals surface area contributed by atoms with Gasteiger partial charge in [0.05, 0.1) is 5.02 Å². The predicted molar refractivity (Wildman–Crippen MR) is 112 cm³/mol. The lowest BCUT2D eigenvalue weighted by Gasteiger charge is -2.17. The molecule has 132 valence electrons. The minimum Gasteiger partial charge on any atom is -0.294 e. The third kappa shape index (κ3) is 5.05. The number of halogens is 3. The summed E-state index contributed by atoms with van der Waals surface area (Å²) in [6.07, 6.45) is 0.356. The number of thioether (sulfide) groups is 1. The fraction of sp³-hybridized carbons (Fsp3) is 0.0952. The zero-order valence-electron chi connectivity index (χ0n) is 13.7. The molecule has 0 aromatic heterocycles. The molecule has 0 radical (unpaired) electrons. The normalized spacial score (nSPS) is 12.0. The van der Waals surface area contributed by atoms with Gasteiger partial charge in [-0.25, -0.2) is 0 Å². The maximum atomic E-state index is 12.8. The second-order valence-corrected chi connectivity index (χ2v) is 8.25. The Morgan fingerprint density at radius 3 is 2.15 bits per heavy atom. The standard InChI is InChI=1S/C21H15Cl3OS/c22-16-8-6-14(7-9-16)19(25)13-21(15-4-2-1-3-5-15)26-20-11-10-17(23)12-18(20)24/h1-12,21H,13H2/t21-/m0/s1. The summed E-state index contributed by atoms with van der Waals surface area (Å²) < 4.78 is 0. The first-order valence-corrected chi connectivity index (χ1v) is 10.00. The van der Waals surface area contributed by atoms with E-state index in [0.29, 0.717) is 27.1 Å². The van der Waals surface area contributed by atoms with Crippen molar-refractivity contribution < 1.29 is 4.79 Å². The van der Waals surface area contributed by atoms with E-state index in [9.17, 15) is 4.79 Å². The fourth-order valence-electron chi connectivity index (χ4n) is 2.54. The average molecular weight is 422 g/mol. The summed E-state index contributed by atoms with van der Waals surface area (Å²) in [5, 5.41) is 1.73. The zero-order chi connectivity index (χ0) is 18.5. The summed E-state index contributed by atoms with van der Waals surface area (Å²) in [5.41, 5.74) is 1.73. The van der Waals surface area contributed by atoms with Gasteiger partial charge >= 0.3 is 0 Å². The second kappa shape index (κ2) is 8.96. The first-order valence-electron chi connectivity index (χ1n) is 7.98. The van der Waals surface area contributed by atoms with Crippen LogP contribution in [0, 0.1) is 0 Å². The van der Waals surface area contributed by atoms with Gasteiger partial charge in [-0.2, -0.15) is 0 Å². The molecule has 0 unspecified atom stereocenters. The molecule has 0 aliphatic heterocycles. The van der Waals surface area contributed by atoms with Gasteiger partial charge in [-0.15, -0.1) is 11.8 Å². The van der Waals surface area contributed by atoms with Gasteiger partial charge in [0.2, 0.25) is 0 Å². The van der Waals surface area contributed by atoms with E-state index in [0.717, 1.165) is 10.5 Å². The summed E-state index contributed by atoms with van der Waals surface area (Å²) in [6, 6.07) is 22.3. The van der Waals surface area contributed by atoms with E-state index < -0.39 is 0 Å². The lowest BCUT2D eigenvalue weighted by Crippen LogP contribution is -2.05. The number of hydrogen-bond donors (Lipinski definition) is 0. The number of hydrogen-bond acceptors (Lipinski definition) is 2. The molecule has 0 saturated carbocycles. The number of rotatable bonds is 6. The van der Waals surface area contributed by atoms with Gasteiger partial charge in [-0.05, 0) is 48.0 Å². The molecule has 1 nitrogen and oxygen atoms in total. The van der Waals surface area contributed by atoms with Crippen LogP contribution in [0.25, 0.3) is 0 Å². The Labute approximate surface area is 172 Å². The van der Waals surface area contributed by atoms with Crippen molar-refractivity contribution in [1.82, 2.24) is 0 Å². The summed E-state index contributed by atoms with van der Waals surface area (Å²) in [7, 11) is 0. The van der Waals surface area contributed by atoms with Crippen molar-refractivity contribution >= 4 is 52.3 Å². The van der Waals surface area contributed by atoms with Gasteiger partial charge in [0.15, 0.2) is 5.78 Å². The monoisotopic (exact) mass is 420 g/mol. The largest absolute Gasteiger partial charge is 0.294 e. The van der Waals surface area contributed by atoms with Crippen LogP contribution in [0.5, 0.6) is 0 Å². The van der Waals surface area contributed by atoms with Crippen molar-refractivity contribution in [1.29, 1.82) is 0 Å². The van der Waals surface area contributed by atoms with Crippen molar-refractivity contribution in [2.24, 2.45) is 0 Å². The summed E-state index contributed by atoms with van der Waals surface area (Å²) >= 11 is 19.8. The van der Waals surface area contributed by atoms with Crippen LogP contribution in [0.4, 0.5) is 0 Å². The van der Waals surface area contributed by atoms with E-state index >= 15 is 0 Å². The molecule has 3 rings (SSSR count). The van der Waals surface area contributed by atoms with E-state index in [2.05, 4.69) is 0 Å². The third-order valence-corrected chi connectivity index (χ3v) is 6.12. The van der Waals surface area contributed by atoms with Crippen LogP contribution in [-0.2, 0) is 0 Å². The minimum absolute atomic E-state index is 0.0574. The van der Waals surface area contributed by atoms with Gasteiger partial charge in [-0.1, -0.05) is 65.1 Å². The second-order valence-electron chi connectivity index (χ2n) is 5.73. The first kappa shape index (κ1) is 19.3. The van der Waals surface area contributed by atoms with Gasteiger partial charge < -0.3 is 0 Å². The smallest absolute Gasteiger partial charge is 0.164 e. The zero-order valence-corrected chi connectivity index (χ0v) is 16.7. The van der Waals surface area contributed by atoms with Gasteiger partial charge in [0.1, 0.15) is 0 Å². The van der Waals surface area contributed by atoms with Crippen molar-refractivity contribution in [2.45, 2.75) is 16.6 Å². The highest BCUT2D eigenvalue weighted by Gasteiger charge is 2.20. The highest BCUT2D eigenvalue weighted by molar-refractivity contribution is 7.99. The maximum absolute atomic E-state index is 12.8. The molecule has 5 heteroatoms. The first-order chi connectivity index (χ1) is 12.5. The Morgan fingerprint density at radius 2 is 1.50 bits per heavy atom. The van der Waals surface area contributed by atoms with Crippen LogP contribution < -0.4 is 0 Å². The molecule has 0 fully saturated rings. The average Bonchev–Trinajstić information content (AvgIpc) is 2.64. The van der Waals surface area contributed by atoms with Crippen LogP contribution >= 0.6 is 46.6 Å². The highest BCUT2D eigenvalue weighted by Crippen LogP contribution is 2.42. The lowest BCUT2D eigenvalue weighted by atomic mass is 10.0. The molecule has 3 aromatic carbocycles. The van der Waals surface area contributed by atoms with Crippen molar-refractivity contribution in [3.63, 3.8) is 0 Å². The Balaban J connectivity index is 1.86. The minimum atomic E-state index is -0.0574. The van der Waals surface area contributed by atoms with E-state index in [1.54, 1.807) is 48.2 Å². The summed E-state index contributed by atoms with van der Waals surface area (Å²) in [4.78, 5) is 13.7. The molecule has 0 bridgehead atoms. The van der Waals surface area contributed by atoms with Crippen molar-refractivity contribution in [3.8, 4) is 0 Å². The number of carbonyl (C=O) groups is 1. The molecule has 3 aromatic rings. The molecule has 0 aliphatic rings. The molecule has 0 amide bonds. The van der Waals surface area contributed by atoms with Gasteiger partial charge in [0, 0.05) is 32.2 Å². The fourth-order valence-corrected chi connectivity index (χ4v) is 4.36. The molecule has 0 heterocycles. The van der Waals surface area contributed by atoms with Gasteiger partial charge in [-0.3, -0.25) is 4.79 Å². The quantitative estimate of drug-likeness (QED) is 0.299. The molecule has 0 spiro atoms. The van der Waals surface area contributed by atoms with E-state index in [1.165, 1.54) is 0 Å². The Kier molecular flexibility index (Phi) is 6.66. The molecule has 0 aliphatic carbocycles. The number of carbonyl (C=O) groups excluding carboxylic acids is 1. The van der Waals surface area contributed by atoms with Crippen molar-refractivity contribution in [2.75, 3.05) is 0 Å². The number of ketones is 1. The van der Waals surface area contributed by atoms with E-state index in [-0.39, 0.29) is 11.0 Å². The Hall–Kier alpha value is -1.45. The van der Waals surface area contributed by atoms with Crippen LogP contribution in [0.2, 0.25) is 15.1 Å². The molecule has 1 atom stereocenters. The number of benzene rings is 3. The topological polar surface area (TPSA) is 17.1 Å². The highest BCUT2D eigenvalue weighted by atomic mass is 35.5. The molecular weight excluding hydrogens is 407 g/mol. The molecule has 0 saturated heterocycles. The predicted octanol–water partition coefficient (Wildman–Crippen LogP) is 7.75. The molecule has 0 N–H and O–H groups in total. The van der Waals surface area contributed by atoms with Gasteiger partial charge in [0.25, 0.3) is 0 Å². The van der Waals surface area contributed by atoms with E-state index in [4.69, 9.17) is 34.8 Å². The van der Waals surface area contributed by atoms with Crippen LogP contribution in [0.1, 0.15) is 27.6 Å². The van der Waals surface area contributed by atoms with Crippen LogP contribution in [-0.4, -0.2) is 5.78 Å². The van der Waals surface area contributed by atoms with Crippen LogP contribution in [0.15, 0.2) is 77.7 Å². The SMILES string of the molecule is O=C(C[C@H](Sc1ccc(Cl)cc1Cl)c1ccccc1)c1ccc(Cl)cc1. The van der Waals surface area contributed by atoms with E-state index in [1.807, 2.05) is 36.4 Å². The summed E-state index contributed by atoms with van der Waals surface area (Å²) in [5.74, 6) is 0.0631. The summed E-state index contributed by atoms with van der Waals surface area (Å²) in [6.45, 7) is 0.